The molecule has 1 unspecified atom stereocenters. The van der Waals surface area contributed by atoms with Crippen molar-refractivity contribution in [1.29, 1.82) is 0 Å². The van der Waals surface area contributed by atoms with Gasteiger partial charge < -0.3 is 4.74 Å². The minimum atomic E-state index is 0.00331. The van der Waals surface area contributed by atoms with Crippen molar-refractivity contribution in [2.24, 2.45) is 28.6 Å². The molecule has 2 heteroatoms. The zero-order valence-corrected chi connectivity index (χ0v) is 16.5. The zero-order chi connectivity index (χ0) is 17.7. The summed E-state index contributed by atoms with van der Waals surface area (Å²) in [5, 5.41) is 0. The number of ether oxygens (including phenoxy) is 1. The van der Waals surface area contributed by atoms with Crippen LogP contribution in [-0.2, 0) is 9.53 Å². The largest absolute Gasteiger partial charge is 0.378 e. The second kappa shape index (κ2) is 6.51. The normalized spacial score (nSPS) is 46.2. The molecule has 0 aromatic rings. The van der Waals surface area contributed by atoms with Gasteiger partial charge >= 0.3 is 0 Å². The van der Waals surface area contributed by atoms with E-state index in [9.17, 15) is 4.79 Å². The van der Waals surface area contributed by atoms with Gasteiger partial charge in [0.05, 0.1) is 6.10 Å². The van der Waals surface area contributed by atoms with Gasteiger partial charge in [-0.2, -0.15) is 0 Å². The second-order valence-corrected chi connectivity index (χ2v) is 9.77. The van der Waals surface area contributed by atoms with E-state index in [-0.39, 0.29) is 5.41 Å². The summed E-state index contributed by atoms with van der Waals surface area (Å²) in [6.07, 6.45) is 14.7. The molecule has 3 saturated carbocycles. The average molecular weight is 345 g/mol. The minimum Gasteiger partial charge on any atom is -0.378 e. The summed E-state index contributed by atoms with van der Waals surface area (Å²) < 4.78 is 6.17. The molecule has 0 saturated heterocycles. The minimum absolute atomic E-state index is 0.00331. The van der Waals surface area contributed by atoms with Crippen molar-refractivity contribution in [3.8, 4) is 0 Å². The highest BCUT2D eigenvalue weighted by atomic mass is 16.5. The number of hydrogen-bond acceptors (Lipinski definition) is 2. The first kappa shape index (κ1) is 17.8. The molecule has 3 fully saturated rings. The predicted molar refractivity (Wildman–Crippen MR) is 101 cm³/mol. The van der Waals surface area contributed by atoms with Crippen molar-refractivity contribution in [3.63, 3.8) is 0 Å². The smallest absolute Gasteiger partial charge is 0.139 e. The van der Waals surface area contributed by atoms with Crippen molar-refractivity contribution in [3.05, 3.63) is 11.6 Å². The molecular weight excluding hydrogens is 308 g/mol. The first-order chi connectivity index (χ1) is 12.0. The molecule has 0 heterocycles. The molecule has 2 nitrogen and oxygen atoms in total. The van der Waals surface area contributed by atoms with Gasteiger partial charge in [0.2, 0.25) is 0 Å². The van der Waals surface area contributed by atoms with Gasteiger partial charge in [0.25, 0.3) is 0 Å². The molecule has 4 rings (SSSR count). The van der Waals surface area contributed by atoms with E-state index >= 15 is 0 Å². The van der Waals surface area contributed by atoms with E-state index in [0.29, 0.717) is 23.2 Å². The summed E-state index contributed by atoms with van der Waals surface area (Å²) in [6.45, 7) is 7.98. The van der Waals surface area contributed by atoms with Crippen molar-refractivity contribution in [2.75, 3.05) is 6.61 Å². The first-order valence-corrected chi connectivity index (χ1v) is 10.8. The number of carbonyl (C=O) groups excluding carboxylic acids is 1. The Kier molecular flexibility index (Phi) is 4.63. The van der Waals surface area contributed by atoms with Crippen LogP contribution in [0.25, 0.3) is 0 Å². The average Bonchev–Trinajstić information content (AvgIpc) is 2.90. The summed E-state index contributed by atoms with van der Waals surface area (Å²) in [5.41, 5.74) is 2.07. The van der Waals surface area contributed by atoms with Crippen LogP contribution in [0.2, 0.25) is 0 Å². The predicted octanol–water partition coefficient (Wildman–Crippen LogP) is 5.70. The van der Waals surface area contributed by atoms with Crippen LogP contribution in [0.4, 0.5) is 0 Å². The van der Waals surface area contributed by atoms with Gasteiger partial charge in [-0.15, -0.1) is 0 Å². The van der Waals surface area contributed by atoms with E-state index in [1.807, 2.05) is 0 Å². The number of unbranched alkanes of at least 4 members (excludes halogenated alkanes) is 1. The molecule has 25 heavy (non-hydrogen) atoms. The molecule has 0 radical (unpaired) electrons. The highest BCUT2D eigenvalue weighted by molar-refractivity contribution is 5.87. The number of hydrogen-bond donors (Lipinski definition) is 0. The molecule has 6 atom stereocenters. The van der Waals surface area contributed by atoms with E-state index in [0.717, 1.165) is 44.1 Å². The number of rotatable bonds is 4. The summed E-state index contributed by atoms with van der Waals surface area (Å²) >= 11 is 0. The number of allylic oxidation sites excluding steroid dienone is 1. The van der Waals surface area contributed by atoms with Crippen LogP contribution in [0.3, 0.4) is 0 Å². The number of ketones is 1. The van der Waals surface area contributed by atoms with E-state index in [1.54, 1.807) is 5.57 Å². The van der Waals surface area contributed by atoms with Gasteiger partial charge in [-0.1, -0.05) is 38.8 Å². The highest BCUT2D eigenvalue weighted by Crippen LogP contribution is 2.64. The van der Waals surface area contributed by atoms with Gasteiger partial charge in [-0.3, -0.25) is 4.79 Å². The molecule has 4 aliphatic carbocycles. The third kappa shape index (κ3) is 2.74. The Morgan fingerprint density at radius 1 is 1.12 bits per heavy atom. The van der Waals surface area contributed by atoms with Crippen LogP contribution in [0, 0.1) is 28.6 Å². The van der Waals surface area contributed by atoms with Crippen LogP contribution < -0.4 is 0 Å². The Morgan fingerprint density at radius 2 is 1.88 bits per heavy atom. The van der Waals surface area contributed by atoms with Crippen molar-refractivity contribution >= 4 is 5.78 Å². The fourth-order valence-electron chi connectivity index (χ4n) is 6.94. The van der Waals surface area contributed by atoms with Crippen LogP contribution in [0.1, 0.15) is 85.0 Å². The Labute approximate surface area is 153 Å². The Bertz CT molecular complexity index is 564. The third-order valence-corrected chi connectivity index (χ3v) is 8.62. The Hall–Kier alpha value is -0.630. The molecular formula is C23H36O2. The topological polar surface area (TPSA) is 26.3 Å². The SMILES string of the molecule is CCCCOC1CC[C@@]2(C)C(=CC[C@@H]3[C@@H]2CC[C@]2(C)C(=O)CC[C@@H]32)C1. The maximum Gasteiger partial charge on any atom is 0.139 e. The molecule has 140 valence electrons. The summed E-state index contributed by atoms with van der Waals surface area (Å²) in [5.74, 6) is 2.75. The highest BCUT2D eigenvalue weighted by Gasteiger charge is 2.58. The lowest BCUT2D eigenvalue weighted by atomic mass is 9.48. The second-order valence-electron chi connectivity index (χ2n) is 9.77. The van der Waals surface area contributed by atoms with Crippen molar-refractivity contribution in [1.82, 2.24) is 0 Å². The van der Waals surface area contributed by atoms with Gasteiger partial charge in [-0.25, -0.2) is 0 Å². The van der Waals surface area contributed by atoms with Crippen molar-refractivity contribution < 1.29 is 9.53 Å². The Morgan fingerprint density at radius 3 is 2.68 bits per heavy atom. The van der Waals surface area contributed by atoms with Crippen LogP contribution >= 0.6 is 0 Å². The molecule has 0 amide bonds. The number of carbonyl (C=O) groups is 1. The van der Waals surface area contributed by atoms with Gasteiger partial charge in [0.15, 0.2) is 0 Å². The number of Topliss-reactive ketones (excluding diaryl/α,β-unsaturated/α-hetero) is 1. The van der Waals surface area contributed by atoms with Crippen LogP contribution in [0.5, 0.6) is 0 Å². The van der Waals surface area contributed by atoms with Gasteiger partial charge in [0, 0.05) is 18.4 Å². The summed E-state index contributed by atoms with van der Waals surface area (Å²) in [7, 11) is 0. The fourth-order valence-corrected chi connectivity index (χ4v) is 6.94. The molecule has 0 aromatic carbocycles. The van der Waals surface area contributed by atoms with Gasteiger partial charge in [0.1, 0.15) is 5.78 Å². The molecule has 0 aliphatic heterocycles. The van der Waals surface area contributed by atoms with Crippen LogP contribution in [-0.4, -0.2) is 18.5 Å². The first-order valence-electron chi connectivity index (χ1n) is 10.8. The molecule has 0 aromatic heterocycles. The third-order valence-electron chi connectivity index (χ3n) is 8.62. The molecule has 4 aliphatic rings. The summed E-state index contributed by atoms with van der Waals surface area (Å²) in [6, 6.07) is 0. The monoisotopic (exact) mass is 344 g/mol. The lowest BCUT2D eigenvalue weighted by Crippen LogP contribution is -2.50. The van der Waals surface area contributed by atoms with E-state index in [4.69, 9.17) is 4.74 Å². The Balaban J connectivity index is 1.51. The van der Waals surface area contributed by atoms with Crippen molar-refractivity contribution in [2.45, 2.75) is 91.1 Å². The van der Waals surface area contributed by atoms with E-state index in [2.05, 4.69) is 26.8 Å². The number of fused-ring (bicyclic) bond motifs is 5. The molecule has 0 spiro atoms. The summed E-state index contributed by atoms with van der Waals surface area (Å²) in [4.78, 5) is 12.5. The lowest BCUT2D eigenvalue weighted by Gasteiger charge is -2.57. The standard InChI is InChI=1S/C23H36O2/c1-4-5-14-25-17-10-12-22(2)16(15-17)6-7-18-19-8-9-21(24)23(19,3)13-11-20(18)22/h6,17-20H,4-5,7-15H2,1-3H3/t17?,18-,19-,20-,22-,23-/m0/s1. The molecule has 0 N–H and O–H groups in total. The van der Waals surface area contributed by atoms with Gasteiger partial charge in [-0.05, 0) is 74.5 Å². The quantitative estimate of drug-likeness (QED) is 0.483. The molecule has 0 bridgehead atoms. The maximum atomic E-state index is 12.5. The zero-order valence-electron chi connectivity index (χ0n) is 16.5. The van der Waals surface area contributed by atoms with Crippen LogP contribution in [0.15, 0.2) is 11.6 Å². The van der Waals surface area contributed by atoms with E-state index < -0.39 is 0 Å². The fraction of sp³-hybridized carbons (Fsp3) is 0.870. The van der Waals surface area contributed by atoms with E-state index in [1.165, 1.54) is 38.5 Å². The lowest BCUT2D eigenvalue weighted by molar-refractivity contribution is -0.132. The maximum absolute atomic E-state index is 12.5.